The van der Waals surface area contributed by atoms with E-state index in [0.29, 0.717) is 13.1 Å². The Morgan fingerprint density at radius 3 is 2.47 bits per heavy atom. The van der Waals surface area contributed by atoms with Gasteiger partial charge in [0.1, 0.15) is 5.82 Å². The highest BCUT2D eigenvalue weighted by atomic mass is 16.6. The highest BCUT2D eigenvalue weighted by Crippen LogP contribution is 2.31. The third-order valence-corrected chi connectivity index (χ3v) is 5.99. The fourth-order valence-electron chi connectivity index (χ4n) is 4.29. The Labute approximate surface area is 196 Å². The number of nitro groups is 1. The molecule has 170 valence electrons. The zero-order chi connectivity index (χ0) is 23.8. The largest absolute Gasteiger partial charge is 0.329 e. The number of hydrogen-bond donors (Lipinski definition) is 0. The van der Waals surface area contributed by atoms with E-state index in [0.717, 1.165) is 33.9 Å². The van der Waals surface area contributed by atoms with Crippen LogP contribution < -0.4 is 0 Å². The van der Waals surface area contributed by atoms with Crippen LogP contribution >= 0.6 is 0 Å². The van der Waals surface area contributed by atoms with Crippen molar-refractivity contribution < 1.29 is 9.72 Å². The lowest BCUT2D eigenvalue weighted by molar-refractivity contribution is -0.384. The lowest BCUT2D eigenvalue weighted by Crippen LogP contribution is -2.24. The molecule has 2 aromatic carbocycles. The Bertz CT molecular complexity index is 1420. The van der Waals surface area contributed by atoms with Crippen LogP contribution in [-0.2, 0) is 17.9 Å². The lowest BCUT2D eigenvalue weighted by atomic mass is 10.1. The van der Waals surface area contributed by atoms with Crippen LogP contribution in [0, 0.1) is 24.0 Å². The van der Waals surface area contributed by atoms with E-state index in [1.54, 1.807) is 23.1 Å². The van der Waals surface area contributed by atoms with E-state index >= 15 is 0 Å². The van der Waals surface area contributed by atoms with E-state index in [1.807, 2.05) is 33.8 Å². The van der Waals surface area contributed by atoms with Gasteiger partial charge in [-0.2, -0.15) is 5.10 Å². The first-order valence-corrected chi connectivity index (χ1v) is 10.9. The third kappa shape index (κ3) is 3.90. The number of nitro benzene ring substituents is 1. The molecule has 0 fully saturated rings. The summed E-state index contributed by atoms with van der Waals surface area (Å²) in [4.78, 5) is 25.0. The number of rotatable bonds is 5. The topological polar surface area (TPSA) is 86.2 Å². The second-order valence-corrected chi connectivity index (χ2v) is 8.42. The van der Waals surface area contributed by atoms with E-state index in [2.05, 4.69) is 32.0 Å². The summed E-state index contributed by atoms with van der Waals surface area (Å²) in [6, 6.07) is 16.3. The summed E-state index contributed by atoms with van der Waals surface area (Å²) in [6.45, 7) is 5.02. The molecule has 4 aromatic rings. The average molecular weight is 454 g/mol. The molecule has 3 heterocycles. The summed E-state index contributed by atoms with van der Waals surface area (Å²) in [5.74, 6) is 0.800. The smallest absolute Gasteiger partial charge is 0.269 e. The molecule has 0 bridgehead atoms. The van der Waals surface area contributed by atoms with Crippen LogP contribution in [0.15, 0.2) is 73.1 Å². The number of aromatic nitrogens is 3. The van der Waals surface area contributed by atoms with Gasteiger partial charge in [-0.15, -0.1) is 0 Å². The third-order valence-electron chi connectivity index (χ3n) is 5.99. The summed E-state index contributed by atoms with van der Waals surface area (Å²) in [6.07, 6.45) is 7.14. The molecule has 0 radical (unpaired) electrons. The monoisotopic (exact) mass is 453 g/mol. The second-order valence-electron chi connectivity index (χ2n) is 8.42. The molecule has 1 aliphatic heterocycles. The van der Waals surface area contributed by atoms with Crippen molar-refractivity contribution in [3.8, 4) is 11.5 Å². The number of nitrogens with zero attached hydrogens (tertiary/aromatic N) is 5. The molecule has 8 heteroatoms. The minimum atomic E-state index is -0.445. The Morgan fingerprint density at radius 2 is 1.79 bits per heavy atom. The SMILES string of the molecule is Cc1ccc(-n2nc3c(c2-n2cccc2)CN(C(=O)C=Cc2ccc([N+](=O)[O-])cc2)C3)c(C)c1. The number of carbonyl (C=O) groups excluding carboxylic acids is 1. The van der Waals surface area contributed by atoms with Gasteiger partial charge in [-0.25, -0.2) is 4.68 Å². The molecule has 1 aliphatic rings. The van der Waals surface area contributed by atoms with Crippen molar-refractivity contribution in [2.75, 3.05) is 0 Å². The highest BCUT2D eigenvalue weighted by molar-refractivity contribution is 5.92. The molecule has 0 atom stereocenters. The van der Waals surface area contributed by atoms with Crippen molar-refractivity contribution in [2.24, 2.45) is 0 Å². The molecule has 0 aliphatic carbocycles. The van der Waals surface area contributed by atoms with Crippen molar-refractivity contribution in [1.82, 2.24) is 19.2 Å². The molecule has 5 rings (SSSR count). The summed E-state index contributed by atoms with van der Waals surface area (Å²) >= 11 is 0. The Hall–Kier alpha value is -4.46. The van der Waals surface area contributed by atoms with Crippen LogP contribution in [0.5, 0.6) is 0 Å². The van der Waals surface area contributed by atoms with Crippen molar-refractivity contribution in [1.29, 1.82) is 0 Å². The standard InChI is InChI=1S/C26H23N5O3/c1-18-5-11-24(19(2)15-18)30-26(28-13-3-4-14-28)22-16-29(17-23(22)27-30)25(32)12-8-20-6-9-21(10-7-20)31(33)34/h3-15H,16-17H2,1-2H3. The number of hydrogen-bond acceptors (Lipinski definition) is 4. The Kier molecular flexibility index (Phi) is 5.33. The van der Waals surface area contributed by atoms with Crippen LogP contribution in [0.25, 0.3) is 17.6 Å². The van der Waals surface area contributed by atoms with Gasteiger partial charge in [0.25, 0.3) is 5.69 Å². The molecular weight excluding hydrogens is 430 g/mol. The van der Waals surface area contributed by atoms with Crippen LogP contribution in [-0.4, -0.2) is 30.1 Å². The first-order valence-electron chi connectivity index (χ1n) is 10.9. The molecule has 0 saturated carbocycles. The number of benzene rings is 2. The zero-order valence-corrected chi connectivity index (χ0v) is 18.9. The maximum Gasteiger partial charge on any atom is 0.269 e. The fourth-order valence-corrected chi connectivity index (χ4v) is 4.29. The number of aryl methyl sites for hydroxylation is 2. The maximum absolute atomic E-state index is 12.9. The minimum absolute atomic E-state index is 0.0201. The van der Waals surface area contributed by atoms with Gasteiger partial charge >= 0.3 is 0 Å². The first kappa shape index (κ1) is 21.4. The first-order chi connectivity index (χ1) is 16.4. The van der Waals surface area contributed by atoms with Crippen molar-refractivity contribution in [3.63, 3.8) is 0 Å². The summed E-state index contributed by atoms with van der Waals surface area (Å²) in [5.41, 5.74) is 5.98. The van der Waals surface area contributed by atoms with Crippen molar-refractivity contribution in [2.45, 2.75) is 26.9 Å². The predicted octanol–water partition coefficient (Wildman–Crippen LogP) is 4.74. The number of amides is 1. The number of carbonyl (C=O) groups is 1. The molecule has 0 N–H and O–H groups in total. The van der Waals surface area contributed by atoms with Gasteiger partial charge in [-0.05, 0) is 61.4 Å². The van der Waals surface area contributed by atoms with Crippen LogP contribution in [0.4, 0.5) is 5.69 Å². The summed E-state index contributed by atoms with van der Waals surface area (Å²) in [7, 11) is 0. The van der Waals surface area contributed by atoms with E-state index in [1.165, 1.54) is 23.8 Å². The molecule has 2 aromatic heterocycles. The zero-order valence-electron chi connectivity index (χ0n) is 18.9. The van der Waals surface area contributed by atoms with E-state index in [9.17, 15) is 14.9 Å². The quantitative estimate of drug-likeness (QED) is 0.248. The van der Waals surface area contributed by atoms with Gasteiger partial charge in [0.15, 0.2) is 0 Å². The maximum atomic E-state index is 12.9. The van der Waals surface area contributed by atoms with Crippen LogP contribution in [0.1, 0.15) is 27.9 Å². The van der Waals surface area contributed by atoms with Crippen molar-refractivity contribution >= 4 is 17.7 Å². The normalized spacial score (nSPS) is 12.9. The fraction of sp³-hybridized carbons (Fsp3) is 0.154. The number of fused-ring (bicyclic) bond motifs is 1. The predicted molar refractivity (Wildman–Crippen MR) is 129 cm³/mol. The van der Waals surface area contributed by atoms with Gasteiger partial charge < -0.3 is 9.47 Å². The molecular formula is C26H23N5O3. The molecule has 0 spiro atoms. The lowest BCUT2D eigenvalue weighted by Gasteiger charge is -2.17. The second kappa shape index (κ2) is 8.47. The molecule has 1 amide bonds. The molecule has 8 nitrogen and oxygen atoms in total. The Morgan fingerprint density at radius 1 is 1.06 bits per heavy atom. The van der Waals surface area contributed by atoms with Gasteiger partial charge in [-0.1, -0.05) is 17.7 Å². The van der Waals surface area contributed by atoms with Crippen LogP contribution in [0.3, 0.4) is 0 Å². The molecule has 0 unspecified atom stereocenters. The van der Waals surface area contributed by atoms with Gasteiger partial charge in [-0.3, -0.25) is 14.9 Å². The average Bonchev–Trinajstić information content (AvgIpc) is 3.54. The van der Waals surface area contributed by atoms with E-state index in [-0.39, 0.29) is 11.6 Å². The summed E-state index contributed by atoms with van der Waals surface area (Å²) in [5, 5.41) is 15.7. The number of non-ortho nitro benzene ring substituents is 1. The highest BCUT2D eigenvalue weighted by Gasteiger charge is 2.30. The van der Waals surface area contributed by atoms with Gasteiger partial charge in [0, 0.05) is 36.2 Å². The molecule has 0 saturated heterocycles. The van der Waals surface area contributed by atoms with E-state index < -0.39 is 4.92 Å². The van der Waals surface area contributed by atoms with Gasteiger partial charge in [0.05, 0.1) is 29.4 Å². The van der Waals surface area contributed by atoms with Crippen molar-refractivity contribution in [3.05, 3.63) is 111 Å². The minimum Gasteiger partial charge on any atom is -0.329 e. The summed E-state index contributed by atoms with van der Waals surface area (Å²) < 4.78 is 4.00. The van der Waals surface area contributed by atoms with E-state index in [4.69, 9.17) is 5.10 Å². The van der Waals surface area contributed by atoms with Crippen LogP contribution in [0.2, 0.25) is 0 Å². The van der Waals surface area contributed by atoms with Gasteiger partial charge in [0.2, 0.25) is 5.91 Å². The Balaban J connectivity index is 1.42. The molecule has 34 heavy (non-hydrogen) atoms.